The van der Waals surface area contributed by atoms with Crippen molar-refractivity contribution in [2.75, 3.05) is 33.4 Å². The molecule has 0 radical (unpaired) electrons. The predicted octanol–water partition coefficient (Wildman–Crippen LogP) is 3.89. The lowest BCUT2D eigenvalue weighted by atomic mass is 9.72. The first-order valence-electron chi connectivity index (χ1n) is 12.6. The minimum Gasteiger partial charge on any atom is -0.465 e. The maximum absolute atomic E-state index is 13.2. The number of nitrogens with zero attached hydrogens (tertiary/aromatic N) is 1. The Morgan fingerprint density at radius 1 is 1.19 bits per heavy atom. The van der Waals surface area contributed by atoms with Crippen molar-refractivity contribution >= 4 is 11.9 Å². The number of fused-ring (bicyclic) bond motifs is 3. The van der Waals surface area contributed by atoms with Crippen molar-refractivity contribution in [2.45, 2.75) is 75.8 Å². The SMILES string of the molecule is COC(=O)c1cc(C(F)(F)F)ccc1C1CCN(C(=O)[C@@H](N)[C@@H](C)OCC23CCC(CC2)OC3)CC1. The minimum absolute atomic E-state index is 0.0170. The van der Waals surface area contributed by atoms with E-state index in [9.17, 15) is 22.8 Å². The van der Waals surface area contributed by atoms with Crippen molar-refractivity contribution < 1.29 is 37.0 Å². The number of methoxy groups -OCH3 is 1. The molecule has 4 fully saturated rings. The molecule has 1 aromatic carbocycles. The van der Waals surface area contributed by atoms with Gasteiger partial charge in [0.2, 0.25) is 5.91 Å². The van der Waals surface area contributed by atoms with E-state index in [-0.39, 0.29) is 22.8 Å². The Labute approximate surface area is 209 Å². The molecule has 3 aliphatic heterocycles. The van der Waals surface area contributed by atoms with E-state index in [0.29, 0.717) is 50.8 Å². The number of alkyl halides is 3. The van der Waals surface area contributed by atoms with Crippen molar-refractivity contribution in [3.05, 3.63) is 34.9 Å². The number of benzene rings is 1. The zero-order valence-electron chi connectivity index (χ0n) is 20.8. The fraction of sp³-hybridized carbons (Fsp3) is 0.692. The molecule has 36 heavy (non-hydrogen) atoms. The van der Waals surface area contributed by atoms with Gasteiger partial charge in [0.25, 0.3) is 0 Å². The van der Waals surface area contributed by atoms with E-state index < -0.39 is 29.9 Å². The summed E-state index contributed by atoms with van der Waals surface area (Å²) in [5, 5.41) is 0. The Morgan fingerprint density at radius 2 is 1.86 bits per heavy atom. The van der Waals surface area contributed by atoms with E-state index in [1.165, 1.54) is 6.07 Å². The summed E-state index contributed by atoms with van der Waals surface area (Å²) in [6, 6.07) is 2.37. The number of rotatable bonds is 7. The maximum Gasteiger partial charge on any atom is 0.416 e. The monoisotopic (exact) mass is 512 g/mol. The van der Waals surface area contributed by atoms with Crippen LogP contribution in [-0.2, 0) is 25.2 Å². The topological polar surface area (TPSA) is 91.1 Å². The van der Waals surface area contributed by atoms with Crippen LogP contribution >= 0.6 is 0 Å². The summed E-state index contributed by atoms with van der Waals surface area (Å²) < 4.78 is 56.1. The lowest BCUT2D eigenvalue weighted by Crippen LogP contribution is -2.53. The number of ether oxygens (including phenoxy) is 3. The van der Waals surface area contributed by atoms with Crippen molar-refractivity contribution in [1.29, 1.82) is 0 Å². The number of halogens is 3. The highest BCUT2D eigenvalue weighted by molar-refractivity contribution is 5.91. The molecule has 0 aromatic heterocycles. The number of nitrogens with two attached hydrogens (primary N) is 1. The Bertz CT molecular complexity index is 940. The molecular formula is C26H35F3N2O5. The Morgan fingerprint density at radius 3 is 2.42 bits per heavy atom. The van der Waals surface area contributed by atoms with Crippen LogP contribution in [0.15, 0.2) is 18.2 Å². The zero-order valence-corrected chi connectivity index (χ0v) is 20.8. The average Bonchev–Trinajstić information content (AvgIpc) is 2.90. The van der Waals surface area contributed by atoms with Crippen molar-refractivity contribution in [3.63, 3.8) is 0 Å². The fourth-order valence-corrected chi connectivity index (χ4v) is 5.61. The molecule has 1 amide bonds. The predicted molar refractivity (Wildman–Crippen MR) is 125 cm³/mol. The summed E-state index contributed by atoms with van der Waals surface area (Å²) in [5.74, 6) is -1.18. The van der Waals surface area contributed by atoms with Crippen LogP contribution in [0.5, 0.6) is 0 Å². The van der Waals surface area contributed by atoms with Crippen LogP contribution in [0, 0.1) is 5.41 Å². The van der Waals surface area contributed by atoms with Gasteiger partial charge in [-0.05, 0) is 69.1 Å². The second-order valence-corrected chi connectivity index (χ2v) is 10.4. The van der Waals surface area contributed by atoms with Gasteiger partial charge in [-0.15, -0.1) is 0 Å². The van der Waals surface area contributed by atoms with Gasteiger partial charge in [0.1, 0.15) is 6.04 Å². The molecule has 0 spiro atoms. The van der Waals surface area contributed by atoms with E-state index in [2.05, 4.69) is 0 Å². The van der Waals surface area contributed by atoms with Gasteiger partial charge in [0.15, 0.2) is 0 Å². The normalized spacial score (nSPS) is 26.5. The molecule has 4 aliphatic rings. The first kappa shape index (κ1) is 26.9. The second-order valence-electron chi connectivity index (χ2n) is 10.4. The highest BCUT2D eigenvalue weighted by atomic mass is 19.4. The van der Waals surface area contributed by atoms with E-state index in [0.717, 1.165) is 44.9 Å². The van der Waals surface area contributed by atoms with Gasteiger partial charge in [-0.3, -0.25) is 4.79 Å². The summed E-state index contributed by atoms with van der Waals surface area (Å²) in [6.45, 7) is 3.81. The summed E-state index contributed by atoms with van der Waals surface area (Å²) in [7, 11) is 1.14. The number of hydrogen-bond donors (Lipinski definition) is 1. The van der Waals surface area contributed by atoms with Crippen LogP contribution in [0.25, 0.3) is 0 Å². The van der Waals surface area contributed by atoms with Gasteiger partial charge in [-0.25, -0.2) is 4.79 Å². The van der Waals surface area contributed by atoms with Crippen LogP contribution in [0.3, 0.4) is 0 Å². The van der Waals surface area contributed by atoms with Crippen molar-refractivity contribution in [1.82, 2.24) is 4.90 Å². The molecule has 3 heterocycles. The number of likely N-dealkylation sites (tertiary alicyclic amines) is 1. The molecule has 1 aliphatic carbocycles. The largest absolute Gasteiger partial charge is 0.465 e. The molecular weight excluding hydrogens is 477 g/mol. The number of amides is 1. The summed E-state index contributed by atoms with van der Waals surface area (Å²) in [5.41, 5.74) is 5.81. The zero-order chi connectivity index (χ0) is 26.1. The Hall–Kier alpha value is -2.17. The van der Waals surface area contributed by atoms with Crippen LogP contribution in [0.1, 0.15) is 72.9 Å². The second kappa shape index (κ2) is 10.7. The number of hydrogen-bond acceptors (Lipinski definition) is 6. The van der Waals surface area contributed by atoms with Gasteiger partial charge >= 0.3 is 12.1 Å². The molecule has 1 aromatic rings. The van der Waals surface area contributed by atoms with Crippen LogP contribution in [-0.4, -0.2) is 68.4 Å². The average molecular weight is 513 g/mol. The minimum atomic E-state index is -4.56. The first-order valence-corrected chi connectivity index (χ1v) is 12.6. The van der Waals surface area contributed by atoms with Gasteiger partial charge in [-0.2, -0.15) is 13.2 Å². The van der Waals surface area contributed by atoms with E-state index in [1.807, 2.05) is 6.92 Å². The molecule has 0 unspecified atom stereocenters. The van der Waals surface area contributed by atoms with Gasteiger partial charge in [0, 0.05) is 18.5 Å². The Balaban J connectivity index is 1.34. The lowest BCUT2D eigenvalue weighted by molar-refractivity contribution is -0.155. The number of piperidine rings is 1. The highest BCUT2D eigenvalue weighted by Crippen LogP contribution is 2.43. The molecule has 1 saturated carbocycles. The van der Waals surface area contributed by atoms with Gasteiger partial charge in [0.05, 0.1) is 43.7 Å². The van der Waals surface area contributed by atoms with Crippen LogP contribution < -0.4 is 5.73 Å². The quantitative estimate of drug-likeness (QED) is 0.558. The van der Waals surface area contributed by atoms with Crippen LogP contribution in [0.4, 0.5) is 13.2 Å². The van der Waals surface area contributed by atoms with Gasteiger partial charge in [-0.1, -0.05) is 6.07 Å². The number of esters is 1. The van der Waals surface area contributed by atoms with Crippen LogP contribution in [0.2, 0.25) is 0 Å². The molecule has 2 atom stereocenters. The summed E-state index contributed by atoms with van der Waals surface area (Å²) in [6.07, 6.45) is 0.608. The third kappa shape index (κ3) is 5.70. The van der Waals surface area contributed by atoms with E-state index in [1.54, 1.807) is 4.90 Å². The van der Waals surface area contributed by atoms with Gasteiger partial charge < -0.3 is 24.8 Å². The smallest absolute Gasteiger partial charge is 0.416 e. The Kier molecular flexibility index (Phi) is 7.97. The maximum atomic E-state index is 13.2. The molecule has 3 saturated heterocycles. The summed E-state index contributed by atoms with van der Waals surface area (Å²) in [4.78, 5) is 27.0. The van der Waals surface area contributed by atoms with E-state index >= 15 is 0 Å². The lowest BCUT2D eigenvalue weighted by Gasteiger charge is -2.46. The molecule has 5 rings (SSSR count). The molecule has 10 heteroatoms. The standard InChI is InChI=1S/C26H35F3N2O5/c1-16(35-14-25-9-5-19(6-10-25)36-15-25)22(30)23(32)31-11-7-17(8-12-31)20-4-3-18(26(27,28)29)13-21(20)24(33)34-2/h3-4,13,16-17,19,22H,5-12,14-15,30H2,1-2H3/t16-,19?,22+,25?/m1/s1. The molecule has 2 N–H and O–H groups in total. The molecule has 2 bridgehead atoms. The van der Waals surface area contributed by atoms with Crippen molar-refractivity contribution in [2.24, 2.45) is 11.1 Å². The van der Waals surface area contributed by atoms with E-state index in [4.69, 9.17) is 19.9 Å². The first-order chi connectivity index (χ1) is 17.0. The number of carbonyl (C=O) groups is 2. The van der Waals surface area contributed by atoms with Crippen molar-refractivity contribution in [3.8, 4) is 0 Å². The summed E-state index contributed by atoms with van der Waals surface area (Å²) >= 11 is 0. The number of carbonyl (C=O) groups excluding carboxylic acids is 2. The third-order valence-corrected chi connectivity index (χ3v) is 8.09. The molecule has 7 nitrogen and oxygen atoms in total. The third-order valence-electron chi connectivity index (χ3n) is 8.09. The molecule has 200 valence electrons. The highest BCUT2D eigenvalue weighted by Gasteiger charge is 2.42. The fourth-order valence-electron chi connectivity index (χ4n) is 5.61.